The van der Waals surface area contributed by atoms with Crippen molar-refractivity contribution in [2.24, 2.45) is 0 Å². The number of aliphatic carboxylic acids is 1. The predicted molar refractivity (Wildman–Crippen MR) is 96.2 cm³/mol. The van der Waals surface area contributed by atoms with Gasteiger partial charge in [0.1, 0.15) is 5.75 Å². The number of rotatable bonds is 6. The zero-order valence-electron chi connectivity index (χ0n) is 13.5. The largest absolute Gasteiger partial charge is 0.493 e. The van der Waals surface area contributed by atoms with Gasteiger partial charge in [-0.3, -0.25) is 4.79 Å². The molecule has 0 radical (unpaired) electrons. The van der Waals surface area contributed by atoms with Gasteiger partial charge in [-0.05, 0) is 30.2 Å². The Morgan fingerprint density at radius 2 is 1.70 bits per heavy atom. The molecule has 1 N–H and O–H groups in total. The molecule has 126 valence electrons. The SMILES string of the molecule is C.CC.Cc1ccc(CCOc2cccc(CC(=O)O)c2)cc1. The Labute approximate surface area is 139 Å². The van der Waals surface area contributed by atoms with Crippen molar-refractivity contribution >= 4 is 5.97 Å². The molecule has 0 spiro atoms. The van der Waals surface area contributed by atoms with E-state index in [4.69, 9.17) is 9.84 Å². The molecule has 0 amide bonds. The van der Waals surface area contributed by atoms with Gasteiger partial charge in [-0.2, -0.15) is 0 Å². The molecule has 3 nitrogen and oxygen atoms in total. The second-order valence-corrected chi connectivity index (χ2v) is 4.80. The van der Waals surface area contributed by atoms with Crippen molar-refractivity contribution in [3.63, 3.8) is 0 Å². The lowest BCUT2D eigenvalue weighted by atomic mass is 10.1. The highest BCUT2D eigenvalue weighted by atomic mass is 16.5. The highest BCUT2D eigenvalue weighted by molar-refractivity contribution is 5.70. The van der Waals surface area contributed by atoms with E-state index in [2.05, 4.69) is 31.2 Å². The second-order valence-electron chi connectivity index (χ2n) is 4.80. The molecule has 0 unspecified atom stereocenters. The highest BCUT2D eigenvalue weighted by Crippen LogP contribution is 2.14. The van der Waals surface area contributed by atoms with Gasteiger partial charge >= 0.3 is 5.97 Å². The van der Waals surface area contributed by atoms with Gasteiger partial charge in [0.25, 0.3) is 0 Å². The van der Waals surface area contributed by atoms with E-state index in [0.29, 0.717) is 6.61 Å². The molecule has 0 saturated carbocycles. The topological polar surface area (TPSA) is 46.5 Å². The fourth-order valence-corrected chi connectivity index (χ4v) is 1.96. The summed E-state index contributed by atoms with van der Waals surface area (Å²) in [4.78, 5) is 10.7. The van der Waals surface area contributed by atoms with Crippen LogP contribution in [0.1, 0.15) is 38.0 Å². The van der Waals surface area contributed by atoms with Crippen molar-refractivity contribution in [2.45, 2.75) is 41.0 Å². The molecule has 0 saturated heterocycles. The van der Waals surface area contributed by atoms with E-state index >= 15 is 0 Å². The van der Waals surface area contributed by atoms with Crippen LogP contribution in [0.2, 0.25) is 0 Å². The normalized spacial score (nSPS) is 9.17. The maximum atomic E-state index is 10.7. The number of hydrogen-bond acceptors (Lipinski definition) is 2. The third-order valence-electron chi connectivity index (χ3n) is 3.03. The van der Waals surface area contributed by atoms with E-state index < -0.39 is 5.97 Å². The van der Waals surface area contributed by atoms with Crippen LogP contribution in [0.3, 0.4) is 0 Å². The van der Waals surface area contributed by atoms with E-state index in [1.54, 1.807) is 12.1 Å². The summed E-state index contributed by atoms with van der Waals surface area (Å²) in [6, 6.07) is 15.6. The minimum Gasteiger partial charge on any atom is -0.493 e. The second kappa shape index (κ2) is 11.3. The molecule has 0 aliphatic carbocycles. The molecule has 0 atom stereocenters. The standard InChI is InChI=1S/C17H18O3.C2H6.CH4/c1-13-5-7-14(8-6-13)9-10-20-16-4-2-3-15(11-16)12-17(18)19;1-2;/h2-8,11H,9-10,12H2,1H3,(H,18,19);1-2H3;1H4. The number of benzene rings is 2. The van der Waals surface area contributed by atoms with Crippen LogP contribution in [0.15, 0.2) is 48.5 Å². The van der Waals surface area contributed by atoms with Crippen molar-refractivity contribution < 1.29 is 14.6 Å². The summed E-state index contributed by atoms with van der Waals surface area (Å²) in [6.45, 7) is 6.65. The highest BCUT2D eigenvalue weighted by Gasteiger charge is 2.02. The average Bonchev–Trinajstić information content (AvgIpc) is 2.51. The van der Waals surface area contributed by atoms with Gasteiger partial charge in [-0.1, -0.05) is 63.2 Å². The van der Waals surface area contributed by atoms with Gasteiger partial charge < -0.3 is 9.84 Å². The monoisotopic (exact) mass is 316 g/mol. The Bertz CT molecular complexity index is 574. The molecule has 2 aromatic carbocycles. The van der Waals surface area contributed by atoms with Crippen LogP contribution in [-0.4, -0.2) is 17.7 Å². The first-order chi connectivity index (χ1) is 10.6. The maximum Gasteiger partial charge on any atom is 0.307 e. The lowest BCUT2D eigenvalue weighted by Gasteiger charge is -2.07. The third-order valence-corrected chi connectivity index (χ3v) is 3.03. The summed E-state index contributed by atoms with van der Waals surface area (Å²) < 4.78 is 5.67. The molecule has 3 heteroatoms. The van der Waals surface area contributed by atoms with Crippen LogP contribution in [-0.2, 0) is 17.6 Å². The number of carbonyl (C=O) groups is 1. The van der Waals surface area contributed by atoms with Gasteiger partial charge in [-0.15, -0.1) is 0 Å². The van der Waals surface area contributed by atoms with Crippen molar-refractivity contribution in [1.29, 1.82) is 0 Å². The first-order valence-corrected chi connectivity index (χ1v) is 7.62. The molecule has 0 bridgehead atoms. The van der Waals surface area contributed by atoms with Crippen LogP contribution in [0, 0.1) is 6.92 Å². The van der Waals surface area contributed by atoms with Crippen molar-refractivity contribution in [3.8, 4) is 5.75 Å². The smallest absolute Gasteiger partial charge is 0.307 e. The fraction of sp³-hybridized carbons (Fsp3) is 0.350. The number of aryl methyl sites for hydroxylation is 1. The van der Waals surface area contributed by atoms with Gasteiger partial charge in [0.05, 0.1) is 13.0 Å². The Kier molecular flexibility index (Phi) is 10.2. The first kappa shape index (κ1) is 20.7. The number of carboxylic acids is 1. The van der Waals surface area contributed by atoms with E-state index in [9.17, 15) is 4.79 Å². The zero-order chi connectivity index (χ0) is 16.4. The van der Waals surface area contributed by atoms with Gasteiger partial charge in [0.15, 0.2) is 0 Å². The molecule has 2 rings (SSSR count). The molecule has 0 aliphatic heterocycles. The van der Waals surface area contributed by atoms with E-state index in [1.165, 1.54) is 11.1 Å². The van der Waals surface area contributed by atoms with Gasteiger partial charge in [0.2, 0.25) is 0 Å². The summed E-state index contributed by atoms with van der Waals surface area (Å²) in [5, 5.41) is 8.76. The lowest BCUT2D eigenvalue weighted by Crippen LogP contribution is -2.03. The molecule has 2 aromatic rings. The van der Waals surface area contributed by atoms with E-state index in [0.717, 1.165) is 17.7 Å². The quantitative estimate of drug-likeness (QED) is 0.824. The molecule has 0 heterocycles. The maximum absolute atomic E-state index is 10.7. The fourth-order valence-electron chi connectivity index (χ4n) is 1.96. The number of hydrogen-bond donors (Lipinski definition) is 1. The number of carboxylic acid groups (broad SMARTS) is 1. The van der Waals surface area contributed by atoms with E-state index in [1.807, 2.05) is 26.0 Å². The van der Waals surface area contributed by atoms with Crippen molar-refractivity contribution in [2.75, 3.05) is 6.61 Å². The third kappa shape index (κ3) is 8.05. The van der Waals surface area contributed by atoms with Crippen molar-refractivity contribution in [3.05, 3.63) is 65.2 Å². The molecule has 23 heavy (non-hydrogen) atoms. The molecular weight excluding hydrogens is 288 g/mol. The van der Waals surface area contributed by atoms with Crippen LogP contribution < -0.4 is 4.74 Å². The summed E-state index contributed by atoms with van der Waals surface area (Å²) in [5.74, 6) is -0.113. The van der Waals surface area contributed by atoms with Crippen LogP contribution >= 0.6 is 0 Å². The minimum atomic E-state index is -0.832. The van der Waals surface area contributed by atoms with Crippen molar-refractivity contribution in [1.82, 2.24) is 0 Å². The summed E-state index contributed by atoms with van der Waals surface area (Å²) in [5.41, 5.74) is 3.23. The molecule has 0 fully saturated rings. The number of ether oxygens (including phenoxy) is 1. The van der Waals surface area contributed by atoms with Crippen LogP contribution in [0.25, 0.3) is 0 Å². The molecular formula is C20H28O3. The molecule has 0 aliphatic rings. The van der Waals surface area contributed by atoms with Gasteiger partial charge in [0, 0.05) is 6.42 Å². The summed E-state index contributed by atoms with van der Waals surface area (Å²) in [6.07, 6.45) is 0.860. The van der Waals surface area contributed by atoms with E-state index in [-0.39, 0.29) is 13.8 Å². The first-order valence-electron chi connectivity index (χ1n) is 7.62. The summed E-state index contributed by atoms with van der Waals surface area (Å²) >= 11 is 0. The molecule has 0 aromatic heterocycles. The van der Waals surface area contributed by atoms with Crippen LogP contribution in [0.5, 0.6) is 5.75 Å². The minimum absolute atomic E-state index is 0. The zero-order valence-corrected chi connectivity index (χ0v) is 13.5. The average molecular weight is 316 g/mol. The van der Waals surface area contributed by atoms with Gasteiger partial charge in [-0.25, -0.2) is 0 Å². The lowest BCUT2D eigenvalue weighted by molar-refractivity contribution is -0.136. The summed E-state index contributed by atoms with van der Waals surface area (Å²) in [7, 11) is 0. The van der Waals surface area contributed by atoms with Crippen LogP contribution in [0.4, 0.5) is 0 Å². The Morgan fingerprint density at radius 1 is 1.04 bits per heavy atom. The Balaban J connectivity index is 0.00000155. The predicted octanol–water partition coefficient (Wildman–Crippen LogP) is 4.91. The Hall–Kier alpha value is -2.29. The Morgan fingerprint density at radius 3 is 2.30 bits per heavy atom.